The quantitative estimate of drug-likeness (QED) is 0.664. The van der Waals surface area contributed by atoms with Crippen LogP contribution in [0.15, 0.2) is 0 Å². The van der Waals surface area contributed by atoms with E-state index in [2.05, 4.69) is 4.72 Å². The number of sulfone groups is 1. The Bertz CT molecular complexity index is 355. The Morgan fingerprint density at radius 2 is 1.69 bits per heavy atom. The highest BCUT2D eigenvalue weighted by atomic mass is 32.2. The molecule has 7 heteroatoms. The van der Waals surface area contributed by atoms with Gasteiger partial charge in [-0.05, 0) is 19.9 Å². The largest absolute Gasteiger partial charge is 0.229 e. The summed E-state index contributed by atoms with van der Waals surface area (Å²) in [4.78, 5) is 0. The summed E-state index contributed by atoms with van der Waals surface area (Å²) in [5, 5.41) is -0.541. The van der Waals surface area contributed by atoms with Crippen LogP contribution < -0.4 is 4.72 Å². The smallest absolute Gasteiger partial charge is 0.214 e. The molecule has 1 N–H and O–H groups in total. The highest BCUT2D eigenvalue weighted by Crippen LogP contribution is 2.17. The number of rotatable bonds is 2. The molecule has 1 aliphatic rings. The third-order valence-corrected chi connectivity index (χ3v) is 5.86. The van der Waals surface area contributed by atoms with Crippen LogP contribution in [0.2, 0.25) is 0 Å². The Morgan fingerprint density at radius 3 is 2.08 bits per heavy atom. The minimum absolute atomic E-state index is 0.0153. The first-order valence-electron chi connectivity index (χ1n) is 4.00. The summed E-state index contributed by atoms with van der Waals surface area (Å²) < 4.78 is 46.7. The van der Waals surface area contributed by atoms with E-state index >= 15 is 0 Å². The van der Waals surface area contributed by atoms with Crippen LogP contribution in [-0.2, 0) is 19.9 Å². The molecular formula is C6H13NO4S2. The van der Waals surface area contributed by atoms with E-state index < -0.39 is 25.1 Å². The number of sulfonamides is 1. The monoisotopic (exact) mass is 227 g/mol. The summed E-state index contributed by atoms with van der Waals surface area (Å²) in [6.07, 6.45) is 0.428. The Hall–Kier alpha value is -0.140. The molecule has 0 saturated carbocycles. The van der Waals surface area contributed by atoms with Gasteiger partial charge in [0.1, 0.15) is 9.84 Å². The molecule has 13 heavy (non-hydrogen) atoms. The molecule has 0 bridgehead atoms. The minimum atomic E-state index is -3.29. The maximum absolute atomic E-state index is 11.3. The Balaban J connectivity index is 2.71. The van der Waals surface area contributed by atoms with Crippen molar-refractivity contribution in [1.82, 2.24) is 4.72 Å². The highest BCUT2D eigenvalue weighted by Gasteiger charge is 2.31. The van der Waals surface area contributed by atoms with Crippen LogP contribution in [0.5, 0.6) is 0 Å². The van der Waals surface area contributed by atoms with Crippen molar-refractivity contribution >= 4 is 19.9 Å². The molecule has 0 amide bonds. The van der Waals surface area contributed by atoms with Gasteiger partial charge in [-0.3, -0.25) is 0 Å². The second-order valence-corrected chi connectivity index (χ2v) is 7.57. The van der Waals surface area contributed by atoms with Gasteiger partial charge in [0, 0.05) is 0 Å². The molecule has 0 aromatic carbocycles. The average Bonchev–Trinajstić information content (AvgIpc) is 2.04. The molecule has 1 aliphatic heterocycles. The lowest BCUT2D eigenvalue weighted by Crippen LogP contribution is -2.38. The number of hydrogen-bond donors (Lipinski definition) is 1. The van der Waals surface area contributed by atoms with E-state index in [0.717, 1.165) is 0 Å². The van der Waals surface area contributed by atoms with E-state index in [1.54, 1.807) is 0 Å². The molecule has 1 fully saturated rings. The first kappa shape index (κ1) is 10.9. The molecule has 1 rings (SSSR count). The second kappa shape index (κ2) is 3.55. The van der Waals surface area contributed by atoms with Gasteiger partial charge in [-0.2, -0.15) is 0 Å². The van der Waals surface area contributed by atoms with Crippen molar-refractivity contribution in [3.63, 3.8) is 0 Å². The van der Waals surface area contributed by atoms with E-state index in [1.165, 1.54) is 7.05 Å². The van der Waals surface area contributed by atoms with Gasteiger partial charge in [-0.25, -0.2) is 21.6 Å². The van der Waals surface area contributed by atoms with Gasteiger partial charge in [0.15, 0.2) is 0 Å². The normalized spacial score (nSPS) is 24.4. The lowest BCUT2D eigenvalue weighted by molar-refractivity contribution is 0.547. The second-order valence-electron chi connectivity index (χ2n) is 3.10. The van der Waals surface area contributed by atoms with Crippen LogP contribution in [0.4, 0.5) is 0 Å². The van der Waals surface area contributed by atoms with Crippen molar-refractivity contribution in [2.24, 2.45) is 0 Å². The molecule has 0 aromatic rings. The van der Waals surface area contributed by atoms with Crippen molar-refractivity contribution < 1.29 is 16.8 Å². The molecule has 0 atom stereocenters. The summed E-state index contributed by atoms with van der Waals surface area (Å²) in [6.45, 7) is 0. The molecule has 0 spiro atoms. The fourth-order valence-electron chi connectivity index (χ4n) is 1.35. The van der Waals surface area contributed by atoms with Crippen molar-refractivity contribution in [2.75, 3.05) is 18.6 Å². The lowest BCUT2D eigenvalue weighted by Gasteiger charge is -2.21. The third kappa shape index (κ3) is 2.65. The Kier molecular flexibility index (Phi) is 2.98. The van der Waals surface area contributed by atoms with Crippen molar-refractivity contribution in [2.45, 2.75) is 18.1 Å². The molecule has 5 nitrogen and oxygen atoms in total. The minimum Gasteiger partial charge on any atom is -0.229 e. The summed E-state index contributed by atoms with van der Waals surface area (Å²) >= 11 is 0. The fraction of sp³-hybridized carbons (Fsp3) is 1.00. The number of hydrogen-bond acceptors (Lipinski definition) is 4. The van der Waals surface area contributed by atoms with E-state index in [4.69, 9.17) is 0 Å². The van der Waals surface area contributed by atoms with Gasteiger partial charge in [-0.1, -0.05) is 0 Å². The predicted molar refractivity (Wildman–Crippen MR) is 49.7 cm³/mol. The van der Waals surface area contributed by atoms with Gasteiger partial charge < -0.3 is 0 Å². The molecule has 1 heterocycles. The standard InChI is InChI=1S/C6H13NO4S2/c1-7-13(10,11)6-2-4-12(8,9)5-3-6/h6-7H,2-5H2,1H3. The molecule has 0 unspecified atom stereocenters. The average molecular weight is 227 g/mol. The maximum Gasteiger partial charge on any atom is 0.214 e. The first-order chi connectivity index (χ1) is 5.87. The van der Waals surface area contributed by atoms with E-state index in [-0.39, 0.29) is 24.3 Å². The van der Waals surface area contributed by atoms with Gasteiger partial charge >= 0.3 is 0 Å². The van der Waals surface area contributed by atoms with Crippen molar-refractivity contribution in [1.29, 1.82) is 0 Å². The highest BCUT2D eigenvalue weighted by molar-refractivity contribution is 7.92. The Labute approximate surface area is 78.5 Å². The van der Waals surface area contributed by atoms with Crippen LogP contribution in [-0.4, -0.2) is 40.6 Å². The van der Waals surface area contributed by atoms with E-state index in [1.807, 2.05) is 0 Å². The third-order valence-electron chi connectivity index (χ3n) is 2.23. The van der Waals surface area contributed by atoms with Crippen LogP contribution >= 0.6 is 0 Å². The molecule has 78 valence electrons. The van der Waals surface area contributed by atoms with Crippen LogP contribution in [0, 0.1) is 0 Å². The summed E-state index contributed by atoms with van der Waals surface area (Å²) in [7, 11) is -4.92. The lowest BCUT2D eigenvalue weighted by atomic mass is 10.2. The molecule has 1 saturated heterocycles. The number of nitrogens with one attached hydrogen (secondary N) is 1. The topological polar surface area (TPSA) is 80.3 Å². The summed E-state index contributed by atoms with van der Waals surface area (Å²) in [5.74, 6) is -0.0306. The molecule has 0 aliphatic carbocycles. The van der Waals surface area contributed by atoms with E-state index in [0.29, 0.717) is 0 Å². The van der Waals surface area contributed by atoms with Crippen molar-refractivity contribution in [3.05, 3.63) is 0 Å². The predicted octanol–water partition coefficient (Wildman–Crippen LogP) is -0.887. The van der Waals surface area contributed by atoms with Gasteiger partial charge in [0.2, 0.25) is 10.0 Å². The molecule has 0 aromatic heterocycles. The van der Waals surface area contributed by atoms with Crippen LogP contribution in [0.3, 0.4) is 0 Å². The van der Waals surface area contributed by atoms with Crippen LogP contribution in [0.1, 0.15) is 12.8 Å². The van der Waals surface area contributed by atoms with Gasteiger partial charge in [0.25, 0.3) is 0 Å². The van der Waals surface area contributed by atoms with Crippen LogP contribution in [0.25, 0.3) is 0 Å². The molecule has 0 radical (unpaired) electrons. The SMILES string of the molecule is CNS(=O)(=O)C1CCS(=O)(=O)CC1. The first-order valence-corrected chi connectivity index (χ1v) is 7.37. The van der Waals surface area contributed by atoms with E-state index in [9.17, 15) is 16.8 Å². The fourth-order valence-corrected chi connectivity index (χ4v) is 4.32. The molecular weight excluding hydrogens is 214 g/mol. The summed E-state index contributed by atoms with van der Waals surface area (Å²) in [6, 6.07) is 0. The van der Waals surface area contributed by atoms with Gasteiger partial charge in [0.05, 0.1) is 16.8 Å². The zero-order valence-electron chi connectivity index (χ0n) is 7.36. The van der Waals surface area contributed by atoms with Gasteiger partial charge in [-0.15, -0.1) is 0 Å². The summed E-state index contributed by atoms with van der Waals surface area (Å²) in [5.41, 5.74) is 0. The zero-order chi connectivity index (χ0) is 10.1. The Morgan fingerprint density at radius 1 is 1.23 bits per heavy atom. The maximum atomic E-state index is 11.3. The zero-order valence-corrected chi connectivity index (χ0v) is 8.99. The van der Waals surface area contributed by atoms with Crippen molar-refractivity contribution in [3.8, 4) is 0 Å².